The van der Waals surface area contributed by atoms with Gasteiger partial charge in [0.1, 0.15) is 0 Å². The van der Waals surface area contributed by atoms with E-state index < -0.39 is 0 Å². The fraction of sp³-hybridized carbons (Fsp3) is 0.917. The lowest BCUT2D eigenvalue weighted by molar-refractivity contribution is 0.480. The molecule has 0 spiro atoms. The molecule has 0 aromatic rings. The number of hydrogen-bond acceptors (Lipinski definition) is 1. The van der Waals surface area contributed by atoms with Crippen LogP contribution in [0.2, 0.25) is 0 Å². The molecule has 3 nitrogen and oxygen atoms in total. The number of nitrogens with one attached hydrogen (secondary N) is 2. The predicted octanol–water partition coefficient (Wildman–Crippen LogP) is 2.00. The summed E-state index contributed by atoms with van der Waals surface area (Å²) in [6.45, 7) is 7.68. The summed E-state index contributed by atoms with van der Waals surface area (Å²) in [5, 5.41) is 6.76. The summed E-state index contributed by atoms with van der Waals surface area (Å²) < 4.78 is 0. The molecule has 1 fully saturated rings. The number of aliphatic imine (C=N–C) groups is 1. The van der Waals surface area contributed by atoms with Crippen LogP contribution in [0.3, 0.4) is 0 Å². The highest BCUT2D eigenvalue weighted by Crippen LogP contribution is 2.31. The lowest BCUT2D eigenvalue weighted by Gasteiger charge is -2.20. The Hall–Kier alpha value is -0.730. The molecule has 0 amide bonds. The average molecular weight is 211 g/mol. The minimum absolute atomic E-state index is 0.470. The number of hydrogen-bond donors (Lipinski definition) is 2. The molecule has 1 saturated carbocycles. The fourth-order valence-electron chi connectivity index (χ4n) is 1.38. The van der Waals surface area contributed by atoms with Gasteiger partial charge in [0.05, 0.1) is 0 Å². The second-order valence-corrected chi connectivity index (χ2v) is 4.91. The highest BCUT2D eigenvalue weighted by Gasteiger charge is 2.20. The topological polar surface area (TPSA) is 36.4 Å². The van der Waals surface area contributed by atoms with Gasteiger partial charge in [0.2, 0.25) is 0 Å². The van der Waals surface area contributed by atoms with E-state index >= 15 is 0 Å². The molecule has 0 aromatic carbocycles. The van der Waals surface area contributed by atoms with Crippen LogP contribution in [0.5, 0.6) is 0 Å². The number of guanidine groups is 1. The van der Waals surface area contributed by atoms with Crippen molar-refractivity contribution in [3.05, 3.63) is 0 Å². The molecular weight excluding hydrogens is 186 g/mol. The van der Waals surface area contributed by atoms with E-state index in [-0.39, 0.29) is 0 Å². The van der Waals surface area contributed by atoms with E-state index in [1.807, 2.05) is 7.05 Å². The first-order valence-electron chi connectivity index (χ1n) is 6.10. The summed E-state index contributed by atoms with van der Waals surface area (Å²) in [6.07, 6.45) is 4.14. The second kappa shape index (κ2) is 5.99. The van der Waals surface area contributed by atoms with E-state index in [4.69, 9.17) is 0 Å². The van der Waals surface area contributed by atoms with E-state index in [0.29, 0.717) is 12.0 Å². The van der Waals surface area contributed by atoms with Crippen molar-refractivity contribution >= 4 is 5.96 Å². The summed E-state index contributed by atoms with van der Waals surface area (Å²) in [7, 11) is 1.83. The number of nitrogens with zero attached hydrogens (tertiary/aromatic N) is 1. The van der Waals surface area contributed by atoms with Crippen molar-refractivity contribution < 1.29 is 0 Å². The molecule has 0 aromatic heterocycles. The fourth-order valence-corrected chi connectivity index (χ4v) is 1.38. The van der Waals surface area contributed by atoms with Crippen molar-refractivity contribution in [2.75, 3.05) is 13.6 Å². The van der Waals surface area contributed by atoms with Crippen molar-refractivity contribution in [3.8, 4) is 0 Å². The zero-order valence-electron chi connectivity index (χ0n) is 10.5. The van der Waals surface area contributed by atoms with Gasteiger partial charge in [-0.3, -0.25) is 4.99 Å². The Morgan fingerprint density at radius 1 is 1.33 bits per heavy atom. The Bertz CT molecular complexity index is 207. The van der Waals surface area contributed by atoms with Crippen LogP contribution < -0.4 is 10.6 Å². The van der Waals surface area contributed by atoms with Crippen LogP contribution >= 0.6 is 0 Å². The van der Waals surface area contributed by atoms with Gasteiger partial charge < -0.3 is 10.6 Å². The third kappa shape index (κ3) is 5.05. The van der Waals surface area contributed by atoms with Crippen LogP contribution in [0, 0.1) is 11.8 Å². The Kier molecular flexibility index (Phi) is 4.92. The highest BCUT2D eigenvalue weighted by molar-refractivity contribution is 5.79. The molecule has 1 rings (SSSR count). The zero-order valence-corrected chi connectivity index (χ0v) is 10.5. The molecule has 1 unspecified atom stereocenters. The van der Waals surface area contributed by atoms with Crippen molar-refractivity contribution in [1.29, 1.82) is 0 Å². The number of rotatable bonds is 5. The maximum absolute atomic E-state index is 4.22. The summed E-state index contributed by atoms with van der Waals surface area (Å²) in [4.78, 5) is 4.22. The molecule has 0 saturated heterocycles. The maximum atomic E-state index is 4.22. The Morgan fingerprint density at radius 3 is 2.47 bits per heavy atom. The van der Waals surface area contributed by atoms with Crippen molar-refractivity contribution in [3.63, 3.8) is 0 Å². The summed E-state index contributed by atoms with van der Waals surface area (Å²) in [6, 6.07) is 0.470. The predicted molar refractivity (Wildman–Crippen MR) is 66.1 cm³/mol. The van der Waals surface area contributed by atoms with Gasteiger partial charge in [-0.05, 0) is 25.2 Å². The van der Waals surface area contributed by atoms with Gasteiger partial charge in [-0.25, -0.2) is 0 Å². The molecule has 0 bridgehead atoms. The molecule has 1 atom stereocenters. The van der Waals surface area contributed by atoms with E-state index in [0.717, 1.165) is 18.4 Å². The molecule has 1 aliphatic rings. The van der Waals surface area contributed by atoms with Gasteiger partial charge in [-0.1, -0.05) is 26.7 Å². The van der Waals surface area contributed by atoms with E-state index in [1.165, 1.54) is 19.3 Å². The van der Waals surface area contributed by atoms with Crippen molar-refractivity contribution in [2.24, 2.45) is 16.8 Å². The quantitative estimate of drug-likeness (QED) is 0.539. The summed E-state index contributed by atoms with van der Waals surface area (Å²) >= 11 is 0. The van der Waals surface area contributed by atoms with E-state index in [1.54, 1.807) is 0 Å². The molecule has 15 heavy (non-hydrogen) atoms. The van der Waals surface area contributed by atoms with Gasteiger partial charge in [0.25, 0.3) is 0 Å². The SMILES string of the molecule is CN=C(NCCC1CC1)NC(C)C(C)C. The summed E-state index contributed by atoms with van der Waals surface area (Å²) in [5.41, 5.74) is 0. The lowest BCUT2D eigenvalue weighted by Crippen LogP contribution is -2.44. The normalized spacial score (nSPS) is 19.1. The highest BCUT2D eigenvalue weighted by atomic mass is 15.2. The first-order valence-corrected chi connectivity index (χ1v) is 6.10. The van der Waals surface area contributed by atoms with Crippen LogP contribution in [0.25, 0.3) is 0 Å². The Morgan fingerprint density at radius 2 is 2.00 bits per heavy atom. The standard InChI is InChI=1S/C12H25N3/c1-9(2)10(3)15-12(13-4)14-8-7-11-5-6-11/h9-11H,5-8H2,1-4H3,(H2,13,14,15). The largest absolute Gasteiger partial charge is 0.356 e. The molecular formula is C12H25N3. The van der Waals surface area contributed by atoms with E-state index in [2.05, 4.69) is 36.4 Å². The first kappa shape index (κ1) is 12.3. The molecule has 2 N–H and O–H groups in total. The van der Waals surface area contributed by atoms with Crippen LogP contribution in [0.4, 0.5) is 0 Å². The zero-order chi connectivity index (χ0) is 11.3. The van der Waals surface area contributed by atoms with Crippen molar-refractivity contribution in [1.82, 2.24) is 10.6 Å². The molecule has 0 radical (unpaired) electrons. The smallest absolute Gasteiger partial charge is 0.191 e. The molecule has 0 aliphatic heterocycles. The summed E-state index contributed by atoms with van der Waals surface area (Å²) in [5.74, 6) is 2.56. The third-order valence-corrected chi connectivity index (χ3v) is 3.13. The maximum Gasteiger partial charge on any atom is 0.191 e. The molecule has 0 heterocycles. The van der Waals surface area contributed by atoms with Crippen LogP contribution in [-0.2, 0) is 0 Å². The lowest BCUT2D eigenvalue weighted by atomic mass is 10.1. The van der Waals surface area contributed by atoms with E-state index in [9.17, 15) is 0 Å². The van der Waals surface area contributed by atoms with Crippen LogP contribution in [0.15, 0.2) is 4.99 Å². The van der Waals surface area contributed by atoms with Gasteiger partial charge in [-0.2, -0.15) is 0 Å². The van der Waals surface area contributed by atoms with Gasteiger partial charge >= 0.3 is 0 Å². The monoisotopic (exact) mass is 211 g/mol. The second-order valence-electron chi connectivity index (χ2n) is 4.91. The van der Waals surface area contributed by atoms with Gasteiger partial charge in [-0.15, -0.1) is 0 Å². The Labute approximate surface area is 93.7 Å². The van der Waals surface area contributed by atoms with Crippen LogP contribution in [-0.4, -0.2) is 25.6 Å². The molecule has 3 heteroatoms. The Balaban J connectivity index is 2.16. The third-order valence-electron chi connectivity index (χ3n) is 3.13. The first-order chi connectivity index (χ1) is 7.13. The average Bonchev–Trinajstić information content (AvgIpc) is 2.99. The van der Waals surface area contributed by atoms with Crippen molar-refractivity contribution in [2.45, 2.75) is 46.1 Å². The molecule has 1 aliphatic carbocycles. The minimum Gasteiger partial charge on any atom is -0.356 e. The van der Waals surface area contributed by atoms with Gasteiger partial charge in [0, 0.05) is 19.6 Å². The van der Waals surface area contributed by atoms with Crippen LogP contribution in [0.1, 0.15) is 40.0 Å². The minimum atomic E-state index is 0.470. The molecule has 88 valence electrons. The van der Waals surface area contributed by atoms with Gasteiger partial charge in [0.15, 0.2) is 5.96 Å².